The van der Waals surface area contributed by atoms with Crippen molar-refractivity contribution in [1.29, 1.82) is 5.26 Å². The first-order valence-corrected chi connectivity index (χ1v) is 7.82. The van der Waals surface area contributed by atoms with E-state index in [4.69, 9.17) is 10.4 Å². The fourth-order valence-corrected chi connectivity index (χ4v) is 3.25. The lowest BCUT2D eigenvalue weighted by Crippen LogP contribution is -2.35. The van der Waals surface area contributed by atoms with E-state index >= 15 is 0 Å². The molecule has 1 aromatic carbocycles. The number of aromatic nitrogens is 1. The topological polar surface area (TPSA) is 80.1 Å². The van der Waals surface area contributed by atoms with Gasteiger partial charge in [-0.2, -0.15) is 5.26 Å². The molecule has 23 heavy (non-hydrogen) atoms. The van der Waals surface area contributed by atoms with Crippen molar-refractivity contribution in [3.63, 3.8) is 0 Å². The number of nitrogens with one attached hydrogen (secondary N) is 1. The second-order valence-corrected chi connectivity index (χ2v) is 5.74. The third-order valence-electron chi connectivity index (χ3n) is 4.35. The Labute approximate surface area is 135 Å². The van der Waals surface area contributed by atoms with E-state index in [-0.39, 0.29) is 18.6 Å². The highest BCUT2D eigenvalue weighted by molar-refractivity contribution is 5.94. The first-order chi connectivity index (χ1) is 11.2. The van der Waals surface area contributed by atoms with Gasteiger partial charge >= 0.3 is 0 Å². The maximum Gasteiger partial charge on any atom is 0.255 e. The average Bonchev–Trinajstić information content (AvgIpc) is 3.22. The monoisotopic (exact) mass is 309 g/mol. The quantitative estimate of drug-likeness (QED) is 0.890. The molecule has 1 atom stereocenters. The molecular weight excluding hydrogens is 290 g/mol. The van der Waals surface area contributed by atoms with Crippen LogP contribution in [0.2, 0.25) is 0 Å². The molecule has 1 unspecified atom stereocenters. The predicted octanol–water partition coefficient (Wildman–Crippen LogP) is 2.40. The van der Waals surface area contributed by atoms with Crippen LogP contribution < -0.4 is 0 Å². The van der Waals surface area contributed by atoms with Crippen LogP contribution in [0, 0.1) is 11.3 Å². The molecule has 1 heterocycles. The molecule has 0 bridgehead atoms. The number of carbonyl (C=O) groups excluding carboxylic acids is 1. The largest absolute Gasteiger partial charge is 0.396 e. The number of fused-ring (bicyclic) bond motifs is 1. The zero-order valence-electron chi connectivity index (χ0n) is 12.8. The summed E-state index contributed by atoms with van der Waals surface area (Å²) >= 11 is 0. The number of aromatic amines is 1. The molecule has 1 aliphatic rings. The minimum absolute atomic E-state index is 0.0330. The fourth-order valence-electron chi connectivity index (χ4n) is 3.25. The van der Waals surface area contributed by atoms with Crippen LogP contribution >= 0.6 is 0 Å². The molecule has 0 radical (unpaired) electrons. The maximum atomic E-state index is 12.9. The van der Waals surface area contributed by atoms with Crippen LogP contribution in [-0.2, 0) is 6.42 Å². The summed E-state index contributed by atoms with van der Waals surface area (Å²) in [6, 6.07) is 11.8. The van der Waals surface area contributed by atoms with Gasteiger partial charge in [-0.25, -0.2) is 0 Å². The van der Waals surface area contributed by atoms with Gasteiger partial charge in [-0.15, -0.1) is 0 Å². The predicted molar refractivity (Wildman–Crippen MR) is 85.8 cm³/mol. The second-order valence-electron chi connectivity index (χ2n) is 5.74. The number of benzene rings is 1. The van der Waals surface area contributed by atoms with Crippen LogP contribution in [0.25, 0.3) is 0 Å². The van der Waals surface area contributed by atoms with E-state index in [0.29, 0.717) is 24.2 Å². The standard InChI is InChI=1S/C18H19N3O2/c19-11-15-10-14(12-20-15)18(23)21(8-3-9-22)17-7-6-13-4-1-2-5-16(13)17/h1-2,4-5,10,12,17,20,22H,3,6-9H2. The van der Waals surface area contributed by atoms with Crippen molar-refractivity contribution in [1.82, 2.24) is 9.88 Å². The third kappa shape index (κ3) is 2.99. The normalized spacial score (nSPS) is 15.9. The van der Waals surface area contributed by atoms with Crippen LogP contribution in [0.1, 0.15) is 46.1 Å². The minimum atomic E-state index is -0.0992. The van der Waals surface area contributed by atoms with Crippen LogP contribution in [0.5, 0.6) is 0 Å². The molecule has 5 nitrogen and oxygen atoms in total. The van der Waals surface area contributed by atoms with Gasteiger partial charge in [-0.3, -0.25) is 4.79 Å². The van der Waals surface area contributed by atoms with Gasteiger partial charge in [0, 0.05) is 19.3 Å². The van der Waals surface area contributed by atoms with Gasteiger partial charge in [0.15, 0.2) is 0 Å². The van der Waals surface area contributed by atoms with E-state index < -0.39 is 0 Å². The van der Waals surface area contributed by atoms with Crippen LogP contribution in [-0.4, -0.2) is 34.0 Å². The maximum absolute atomic E-state index is 12.9. The van der Waals surface area contributed by atoms with Crippen molar-refractivity contribution >= 4 is 5.91 Å². The molecule has 2 aromatic rings. The molecule has 118 valence electrons. The van der Waals surface area contributed by atoms with Crippen molar-refractivity contribution in [2.75, 3.05) is 13.2 Å². The molecule has 0 saturated carbocycles. The number of H-pyrrole nitrogens is 1. The van der Waals surface area contributed by atoms with Gasteiger partial charge in [-0.05, 0) is 36.5 Å². The summed E-state index contributed by atoms with van der Waals surface area (Å²) in [5.74, 6) is -0.0992. The molecular formula is C18H19N3O2. The van der Waals surface area contributed by atoms with Gasteiger partial charge in [0.25, 0.3) is 5.91 Å². The number of nitriles is 1. The minimum Gasteiger partial charge on any atom is -0.396 e. The van der Waals surface area contributed by atoms with E-state index in [2.05, 4.69) is 17.1 Å². The Morgan fingerprint density at radius 3 is 3.00 bits per heavy atom. The smallest absolute Gasteiger partial charge is 0.255 e. The Morgan fingerprint density at radius 2 is 2.26 bits per heavy atom. The Morgan fingerprint density at radius 1 is 1.43 bits per heavy atom. The van der Waals surface area contributed by atoms with Gasteiger partial charge in [0.1, 0.15) is 11.8 Å². The zero-order valence-corrected chi connectivity index (χ0v) is 12.8. The first-order valence-electron chi connectivity index (χ1n) is 7.82. The Kier molecular flexibility index (Phi) is 4.45. The van der Waals surface area contributed by atoms with E-state index in [1.54, 1.807) is 12.3 Å². The van der Waals surface area contributed by atoms with Crippen molar-refractivity contribution in [3.05, 3.63) is 58.9 Å². The summed E-state index contributed by atoms with van der Waals surface area (Å²) in [5, 5.41) is 18.1. The first kappa shape index (κ1) is 15.3. The summed E-state index contributed by atoms with van der Waals surface area (Å²) in [6.07, 6.45) is 3.97. The average molecular weight is 309 g/mol. The number of nitrogens with zero attached hydrogens (tertiary/aromatic N) is 2. The molecule has 5 heteroatoms. The number of amides is 1. The van der Waals surface area contributed by atoms with Gasteiger partial charge < -0.3 is 15.0 Å². The summed E-state index contributed by atoms with van der Waals surface area (Å²) in [5.41, 5.74) is 3.34. The second kappa shape index (κ2) is 6.67. The fraction of sp³-hybridized carbons (Fsp3) is 0.333. The molecule has 1 aromatic heterocycles. The van der Waals surface area contributed by atoms with Crippen molar-refractivity contribution < 1.29 is 9.90 Å². The number of hydrogen-bond acceptors (Lipinski definition) is 3. The number of aliphatic hydroxyl groups excluding tert-OH is 1. The Hall–Kier alpha value is -2.58. The summed E-state index contributed by atoms with van der Waals surface area (Å²) < 4.78 is 0. The highest BCUT2D eigenvalue weighted by Gasteiger charge is 2.31. The lowest BCUT2D eigenvalue weighted by Gasteiger charge is -2.29. The van der Waals surface area contributed by atoms with Gasteiger partial charge in [-0.1, -0.05) is 24.3 Å². The number of aliphatic hydroxyl groups is 1. The van der Waals surface area contributed by atoms with E-state index in [1.807, 2.05) is 23.1 Å². The SMILES string of the molecule is N#Cc1cc(C(=O)N(CCCO)C2CCc3ccccc32)c[nH]1. The number of carbonyl (C=O) groups is 1. The van der Waals surface area contributed by atoms with Crippen molar-refractivity contribution in [2.24, 2.45) is 0 Å². The summed E-state index contributed by atoms with van der Waals surface area (Å²) in [6.45, 7) is 0.552. The number of rotatable bonds is 5. The molecule has 0 saturated heterocycles. The van der Waals surface area contributed by atoms with Crippen LogP contribution in [0.4, 0.5) is 0 Å². The van der Waals surface area contributed by atoms with Crippen LogP contribution in [0.15, 0.2) is 36.5 Å². The molecule has 1 aliphatic carbocycles. The Balaban J connectivity index is 1.89. The molecule has 0 fully saturated rings. The summed E-state index contributed by atoms with van der Waals surface area (Å²) in [4.78, 5) is 17.5. The lowest BCUT2D eigenvalue weighted by molar-refractivity contribution is 0.0662. The zero-order chi connectivity index (χ0) is 16.2. The van der Waals surface area contributed by atoms with E-state index in [1.165, 1.54) is 11.1 Å². The Bertz CT molecular complexity index is 745. The number of hydrogen-bond donors (Lipinski definition) is 2. The highest BCUT2D eigenvalue weighted by Crippen LogP contribution is 2.36. The highest BCUT2D eigenvalue weighted by atomic mass is 16.3. The molecule has 1 amide bonds. The van der Waals surface area contributed by atoms with Gasteiger partial charge in [0.2, 0.25) is 0 Å². The van der Waals surface area contributed by atoms with Crippen LogP contribution in [0.3, 0.4) is 0 Å². The van der Waals surface area contributed by atoms with E-state index in [0.717, 1.165) is 12.8 Å². The molecule has 3 rings (SSSR count). The van der Waals surface area contributed by atoms with Gasteiger partial charge in [0.05, 0.1) is 11.6 Å². The molecule has 0 spiro atoms. The third-order valence-corrected chi connectivity index (χ3v) is 4.35. The van der Waals surface area contributed by atoms with Crippen molar-refractivity contribution in [3.8, 4) is 6.07 Å². The number of aryl methyl sites for hydroxylation is 1. The summed E-state index contributed by atoms with van der Waals surface area (Å²) in [7, 11) is 0. The lowest BCUT2D eigenvalue weighted by atomic mass is 10.1. The molecule has 2 N–H and O–H groups in total. The van der Waals surface area contributed by atoms with Crippen molar-refractivity contribution in [2.45, 2.75) is 25.3 Å². The molecule has 0 aliphatic heterocycles. The van der Waals surface area contributed by atoms with E-state index in [9.17, 15) is 4.79 Å².